The summed E-state index contributed by atoms with van der Waals surface area (Å²) in [6.07, 6.45) is 1.61. The summed E-state index contributed by atoms with van der Waals surface area (Å²) in [5, 5.41) is 0.594. The molecule has 1 amide bonds. The SMILES string of the molecule is CCOC(=O)CN1C(=O)C(=Cc2ccc(-c3ccc(C)cc3Cl)o2)SC1=S. The molecule has 0 radical (unpaired) electrons. The number of thiocarbonyl (C=S) groups is 1. The summed E-state index contributed by atoms with van der Waals surface area (Å²) in [6, 6.07) is 9.24. The highest BCUT2D eigenvalue weighted by Gasteiger charge is 2.34. The Morgan fingerprint density at radius 1 is 1.37 bits per heavy atom. The van der Waals surface area contributed by atoms with Crippen molar-refractivity contribution >= 4 is 57.9 Å². The summed E-state index contributed by atoms with van der Waals surface area (Å²) in [5.74, 6) is 0.264. The first-order chi connectivity index (χ1) is 12.9. The molecular weight excluding hydrogens is 406 g/mol. The summed E-state index contributed by atoms with van der Waals surface area (Å²) in [5.41, 5.74) is 1.83. The largest absolute Gasteiger partial charge is 0.465 e. The molecule has 3 rings (SSSR count). The number of thioether (sulfide) groups is 1. The second-order valence-corrected chi connectivity index (χ2v) is 7.84. The number of esters is 1. The predicted molar refractivity (Wildman–Crippen MR) is 110 cm³/mol. The molecule has 1 aliphatic rings. The molecule has 0 unspecified atom stereocenters. The minimum absolute atomic E-state index is 0.196. The second-order valence-electron chi connectivity index (χ2n) is 5.76. The number of hydrogen-bond donors (Lipinski definition) is 0. The van der Waals surface area contributed by atoms with E-state index in [1.807, 2.05) is 25.1 Å². The van der Waals surface area contributed by atoms with Gasteiger partial charge in [0.1, 0.15) is 22.4 Å². The highest BCUT2D eigenvalue weighted by atomic mass is 35.5. The highest BCUT2D eigenvalue weighted by Crippen LogP contribution is 2.34. The Morgan fingerprint density at radius 2 is 2.15 bits per heavy atom. The fourth-order valence-electron chi connectivity index (χ4n) is 2.50. The number of aryl methyl sites for hydroxylation is 1. The number of nitrogens with zero attached hydrogens (tertiary/aromatic N) is 1. The number of amides is 1. The van der Waals surface area contributed by atoms with Gasteiger partial charge in [-0.1, -0.05) is 41.6 Å². The van der Waals surface area contributed by atoms with E-state index in [4.69, 9.17) is 33.0 Å². The van der Waals surface area contributed by atoms with Crippen molar-refractivity contribution in [1.82, 2.24) is 4.90 Å². The molecule has 1 aromatic heterocycles. The van der Waals surface area contributed by atoms with Gasteiger partial charge < -0.3 is 9.15 Å². The standard InChI is InChI=1S/C19H16ClNO4S2/c1-3-24-17(22)10-21-18(23)16(27-19(21)26)9-12-5-7-15(25-12)13-6-4-11(2)8-14(13)20/h4-9H,3,10H2,1-2H3. The van der Waals surface area contributed by atoms with Crippen LogP contribution < -0.4 is 0 Å². The van der Waals surface area contributed by atoms with E-state index in [-0.39, 0.29) is 19.1 Å². The van der Waals surface area contributed by atoms with E-state index < -0.39 is 5.97 Å². The van der Waals surface area contributed by atoms with Gasteiger partial charge in [-0.2, -0.15) is 0 Å². The Bertz CT molecular complexity index is 951. The average molecular weight is 422 g/mol. The molecule has 0 bridgehead atoms. The van der Waals surface area contributed by atoms with Crippen LogP contribution in [0.25, 0.3) is 17.4 Å². The average Bonchev–Trinajstić information content (AvgIpc) is 3.16. The maximum absolute atomic E-state index is 12.5. The van der Waals surface area contributed by atoms with Crippen LogP contribution >= 0.6 is 35.6 Å². The second kappa shape index (κ2) is 8.29. The molecule has 2 heterocycles. The zero-order valence-corrected chi connectivity index (χ0v) is 17.0. The summed E-state index contributed by atoms with van der Waals surface area (Å²) in [4.78, 5) is 25.8. The Balaban J connectivity index is 1.79. The summed E-state index contributed by atoms with van der Waals surface area (Å²) < 4.78 is 11.0. The van der Waals surface area contributed by atoms with Gasteiger partial charge in [-0.3, -0.25) is 14.5 Å². The van der Waals surface area contributed by atoms with E-state index in [0.29, 0.717) is 25.8 Å². The van der Waals surface area contributed by atoms with E-state index in [2.05, 4.69) is 0 Å². The van der Waals surface area contributed by atoms with E-state index in [1.165, 1.54) is 4.90 Å². The Labute approximate surface area is 171 Å². The zero-order valence-electron chi connectivity index (χ0n) is 14.7. The lowest BCUT2D eigenvalue weighted by atomic mass is 10.1. The minimum Gasteiger partial charge on any atom is -0.465 e. The van der Waals surface area contributed by atoms with Crippen LogP contribution in [0.2, 0.25) is 5.02 Å². The third-order valence-electron chi connectivity index (χ3n) is 3.76. The number of halogens is 1. The molecule has 0 aliphatic carbocycles. The molecule has 0 atom stereocenters. The van der Waals surface area contributed by atoms with E-state index in [9.17, 15) is 9.59 Å². The Morgan fingerprint density at radius 3 is 2.85 bits per heavy atom. The summed E-state index contributed by atoms with van der Waals surface area (Å²) in [7, 11) is 0. The third-order valence-corrected chi connectivity index (χ3v) is 5.45. The van der Waals surface area contributed by atoms with Crippen LogP contribution in [0.4, 0.5) is 0 Å². The topological polar surface area (TPSA) is 59.8 Å². The smallest absolute Gasteiger partial charge is 0.326 e. The van der Waals surface area contributed by atoms with Gasteiger partial charge in [0.25, 0.3) is 5.91 Å². The summed E-state index contributed by atoms with van der Waals surface area (Å²) in [6.45, 7) is 3.72. The lowest BCUT2D eigenvalue weighted by Gasteiger charge is -2.12. The maximum atomic E-state index is 12.5. The van der Waals surface area contributed by atoms with Crippen LogP contribution in [-0.4, -0.2) is 34.2 Å². The molecule has 0 N–H and O–H groups in total. The number of benzene rings is 1. The lowest BCUT2D eigenvalue weighted by Crippen LogP contribution is -2.34. The van der Waals surface area contributed by atoms with Crippen molar-refractivity contribution in [3.05, 3.63) is 51.6 Å². The number of hydrogen-bond acceptors (Lipinski definition) is 6. The first kappa shape index (κ1) is 19.7. The molecule has 5 nitrogen and oxygen atoms in total. The van der Waals surface area contributed by atoms with Crippen LogP contribution in [0.3, 0.4) is 0 Å². The number of carbonyl (C=O) groups excluding carboxylic acids is 2. The number of ether oxygens (including phenoxy) is 1. The molecular formula is C19H16ClNO4S2. The zero-order chi connectivity index (χ0) is 19.6. The van der Waals surface area contributed by atoms with Gasteiger partial charge in [-0.25, -0.2) is 0 Å². The highest BCUT2D eigenvalue weighted by molar-refractivity contribution is 8.26. The molecule has 1 aromatic carbocycles. The van der Waals surface area contributed by atoms with Gasteiger partial charge in [0.2, 0.25) is 0 Å². The molecule has 2 aromatic rings. The van der Waals surface area contributed by atoms with Crippen molar-refractivity contribution in [3.8, 4) is 11.3 Å². The van der Waals surface area contributed by atoms with Crippen LogP contribution in [0, 0.1) is 6.92 Å². The lowest BCUT2D eigenvalue weighted by molar-refractivity contribution is -0.145. The van der Waals surface area contributed by atoms with Gasteiger partial charge in [0.05, 0.1) is 16.5 Å². The van der Waals surface area contributed by atoms with Gasteiger partial charge >= 0.3 is 5.97 Å². The van der Waals surface area contributed by atoms with Crippen molar-refractivity contribution < 1.29 is 18.7 Å². The molecule has 1 fully saturated rings. The van der Waals surface area contributed by atoms with Gasteiger partial charge in [0.15, 0.2) is 0 Å². The third kappa shape index (κ3) is 4.43. The molecule has 8 heteroatoms. The van der Waals surface area contributed by atoms with Gasteiger partial charge in [-0.05, 0) is 43.7 Å². The maximum Gasteiger partial charge on any atom is 0.326 e. The first-order valence-electron chi connectivity index (χ1n) is 8.16. The van der Waals surface area contributed by atoms with E-state index >= 15 is 0 Å². The number of rotatable bonds is 5. The molecule has 1 saturated heterocycles. The van der Waals surface area contributed by atoms with Gasteiger partial charge in [-0.15, -0.1) is 0 Å². The van der Waals surface area contributed by atoms with Gasteiger partial charge in [0, 0.05) is 11.6 Å². The Kier molecular flexibility index (Phi) is 6.04. The predicted octanol–water partition coefficient (Wildman–Crippen LogP) is 4.67. The van der Waals surface area contributed by atoms with Crippen LogP contribution in [-0.2, 0) is 14.3 Å². The molecule has 0 saturated carbocycles. The molecule has 1 aliphatic heterocycles. The monoisotopic (exact) mass is 421 g/mol. The fraction of sp³-hybridized carbons (Fsp3) is 0.211. The molecule has 27 heavy (non-hydrogen) atoms. The minimum atomic E-state index is -0.496. The quantitative estimate of drug-likeness (QED) is 0.397. The van der Waals surface area contributed by atoms with Crippen molar-refractivity contribution in [2.75, 3.05) is 13.2 Å². The van der Waals surface area contributed by atoms with Crippen molar-refractivity contribution in [3.63, 3.8) is 0 Å². The fourth-order valence-corrected chi connectivity index (χ4v) is 4.06. The molecule has 140 valence electrons. The van der Waals surface area contributed by atoms with E-state index in [1.54, 1.807) is 25.1 Å². The summed E-state index contributed by atoms with van der Waals surface area (Å²) >= 11 is 12.6. The van der Waals surface area contributed by atoms with Crippen LogP contribution in [0.1, 0.15) is 18.2 Å². The number of furan rings is 1. The van der Waals surface area contributed by atoms with Crippen molar-refractivity contribution in [2.45, 2.75) is 13.8 Å². The molecule has 0 spiro atoms. The van der Waals surface area contributed by atoms with Crippen molar-refractivity contribution in [2.24, 2.45) is 0 Å². The van der Waals surface area contributed by atoms with Crippen LogP contribution in [0.5, 0.6) is 0 Å². The van der Waals surface area contributed by atoms with E-state index in [0.717, 1.165) is 22.9 Å². The first-order valence-corrected chi connectivity index (χ1v) is 9.76. The Hall–Kier alpha value is -2.09. The number of carbonyl (C=O) groups is 2. The van der Waals surface area contributed by atoms with Crippen LogP contribution in [0.15, 0.2) is 39.7 Å². The normalized spacial score (nSPS) is 15.7. The van der Waals surface area contributed by atoms with Crippen molar-refractivity contribution in [1.29, 1.82) is 0 Å².